The van der Waals surface area contributed by atoms with E-state index in [0.29, 0.717) is 11.5 Å². The summed E-state index contributed by atoms with van der Waals surface area (Å²) in [5, 5.41) is 11.4. The molecule has 0 aliphatic rings. The van der Waals surface area contributed by atoms with Gasteiger partial charge in [0, 0.05) is 6.07 Å². The predicted octanol–water partition coefficient (Wildman–Crippen LogP) is 0.926. The van der Waals surface area contributed by atoms with Gasteiger partial charge in [-0.25, -0.2) is 0 Å². The van der Waals surface area contributed by atoms with Gasteiger partial charge in [-0.3, -0.25) is 4.55 Å². The van der Waals surface area contributed by atoms with Crippen LogP contribution >= 0.6 is 0 Å². The van der Waals surface area contributed by atoms with Gasteiger partial charge in [-0.1, -0.05) is 44.4 Å². The third kappa shape index (κ3) is 7.38. The number of rotatable bonds is 8. The zero-order valence-corrected chi connectivity index (χ0v) is 18.5. The Labute approximate surface area is 191 Å². The molecule has 0 aromatic heterocycles. The number of hydrogen-bond donors (Lipinski definition) is 1. The summed E-state index contributed by atoms with van der Waals surface area (Å²) in [6.07, 6.45) is 5.03. The molecule has 0 radical (unpaired) electrons. The van der Waals surface area contributed by atoms with Crippen molar-refractivity contribution >= 4 is 10.1 Å². The van der Waals surface area contributed by atoms with Crippen LogP contribution in [0.25, 0.3) is 0 Å². The van der Waals surface area contributed by atoms with Gasteiger partial charge in [-0.15, -0.1) is 5.75 Å². The standard InChI is InChI=1S/C18H22O5S.K/c1-2-3-4-5-7-14-10-11-17(24(20,21)22)13-18(14)23-16-9-6-8-15(19)12-16;/h6,8-13,19H,2-5,7H2,1H3,(H,20,21,22);/q;+1/p-1. The molecule has 0 saturated heterocycles. The minimum Gasteiger partial charge on any atom is -0.872 e. The molecule has 0 fully saturated rings. The van der Waals surface area contributed by atoms with Crippen LogP contribution in [0, 0.1) is 0 Å². The van der Waals surface area contributed by atoms with Crippen LogP contribution in [0.4, 0.5) is 0 Å². The van der Waals surface area contributed by atoms with Crippen molar-refractivity contribution in [2.24, 2.45) is 0 Å². The number of ether oxygens (including phenoxy) is 1. The van der Waals surface area contributed by atoms with Crippen LogP contribution in [0.1, 0.15) is 38.2 Å². The van der Waals surface area contributed by atoms with Crippen LogP contribution < -0.4 is 61.2 Å². The topological polar surface area (TPSA) is 86.7 Å². The molecule has 0 heterocycles. The Morgan fingerprint density at radius 1 is 1.08 bits per heavy atom. The van der Waals surface area contributed by atoms with Gasteiger partial charge >= 0.3 is 51.4 Å². The minimum atomic E-state index is -4.31. The van der Waals surface area contributed by atoms with Gasteiger partial charge in [0.25, 0.3) is 10.1 Å². The monoisotopic (exact) mass is 388 g/mol. The molecule has 5 nitrogen and oxygen atoms in total. The van der Waals surface area contributed by atoms with Crippen LogP contribution in [-0.2, 0) is 16.5 Å². The van der Waals surface area contributed by atoms with Crippen molar-refractivity contribution in [2.45, 2.75) is 43.9 Å². The molecule has 0 unspecified atom stereocenters. The molecule has 0 amide bonds. The molecule has 0 saturated carbocycles. The maximum Gasteiger partial charge on any atom is 1.00 e. The molecular formula is C18H21KO5S. The van der Waals surface area contributed by atoms with E-state index < -0.39 is 10.1 Å². The smallest absolute Gasteiger partial charge is 0.872 e. The Kier molecular flexibility index (Phi) is 9.65. The number of aryl methyl sites for hydroxylation is 1. The van der Waals surface area contributed by atoms with Crippen molar-refractivity contribution in [3.63, 3.8) is 0 Å². The van der Waals surface area contributed by atoms with Crippen LogP contribution in [-0.4, -0.2) is 13.0 Å². The van der Waals surface area contributed by atoms with Gasteiger partial charge in [-0.2, -0.15) is 8.42 Å². The molecule has 1 N–H and O–H groups in total. The predicted molar refractivity (Wildman–Crippen MR) is 90.1 cm³/mol. The molecule has 7 heteroatoms. The second-order valence-electron chi connectivity index (χ2n) is 5.63. The molecule has 2 rings (SSSR count). The average Bonchev–Trinajstić information content (AvgIpc) is 2.52. The van der Waals surface area contributed by atoms with Gasteiger partial charge in [0.05, 0.1) is 4.90 Å². The van der Waals surface area contributed by atoms with Gasteiger partial charge in [-0.05, 0) is 36.6 Å². The zero-order valence-electron chi connectivity index (χ0n) is 14.6. The van der Waals surface area contributed by atoms with E-state index in [1.165, 1.54) is 24.3 Å². The number of benzene rings is 2. The van der Waals surface area contributed by atoms with E-state index in [1.807, 2.05) is 0 Å². The van der Waals surface area contributed by atoms with Crippen molar-refractivity contribution in [1.29, 1.82) is 0 Å². The number of hydrogen-bond acceptors (Lipinski definition) is 4. The Hall–Kier alpha value is -0.414. The van der Waals surface area contributed by atoms with E-state index >= 15 is 0 Å². The maximum atomic E-state index is 11.4. The Balaban J connectivity index is 0.00000312. The SMILES string of the molecule is CCCCCCc1ccc(S(=O)(=O)O)cc1Oc1cccc([O-])c1.[K+]. The molecule has 0 aliphatic heterocycles. The Morgan fingerprint density at radius 3 is 2.48 bits per heavy atom. The van der Waals surface area contributed by atoms with E-state index in [9.17, 15) is 18.1 Å². The molecule has 2 aromatic carbocycles. The van der Waals surface area contributed by atoms with Crippen molar-refractivity contribution in [3.8, 4) is 17.2 Å². The van der Waals surface area contributed by atoms with Gasteiger partial charge in [0.15, 0.2) is 0 Å². The summed E-state index contributed by atoms with van der Waals surface area (Å²) in [4.78, 5) is -0.229. The Bertz CT molecular complexity index is 790. The second-order valence-corrected chi connectivity index (χ2v) is 7.05. The first-order valence-electron chi connectivity index (χ1n) is 7.95. The van der Waals surface area contributed by atoms with Crippen LogP contribution in [0.15, 0.2) is 47.4 Å². The van der Waals surface area contributed by atoms with E-state index in [1.54, 1.807) is 18.2 Å². The van der Waals surface area contributed by atoms with Crippen molar-refractivity contribution in [3.05, 3.63) is 48.0 Å². The van der Waals surface area contributed by atoms with Gasteiger partial charge in [0.1, 0.15) is 11.5 Å². The fraction of sp³-hybridized carbons (Fsp3) is 0.333. The van der Waals surface area contributed by atoms with Gasteiger partial charge in [0.2, 0.25) is 0 Å². The molecule has 0 atom stereocenters. The molecular weight excluding hydrogens is 367 g/mol. The quantitative estimate of drug-likeness (QED) is 0.413. The largest absolute Gasteiger partial charge is 1.00 e. The summed E-state index contributed by atoms with van der Waals surface area (Å²) < 4.78 is 37.6. The van der Waals surface area contributed by atoms with Crippen molar-refractivity contribution in [2.75, 3.05) is 0 Å². The summed E-state index contributed by atoms with van der Waals surface area (Å²) in [6, 6.07) is 10.2. The Morgan fingerprint density at radius 2 is 1.84 bits per heavy atom. The first-order chi connectivity index (χ1) is 11.4. The van der Waals surface area contributed by atoms with Crippen molar-refractivity contribution < 1.29 is 74.2 Å². The normalized spacial score (nSPS) is 11.0. The van der Waals surface area contributed by atoms with Gasteiger partial charge < -0.3 is 9.84 Å². The average molecular weight is 389 g/mol. The summed E-state index contributed by atoms with van der Waals surface area (Å²) in [7, 11) is -4.31. The second kappa shape index (κ2) is 10.7. The fourth-order valence-corrected chi connectivity index (χ4v) is 2.90. The van der Waals surface area contributed by atoms with Crippen molar-refractivity contribution in [1.82, 2.24) is 0 Å². The fourth-order valence-electron chi connectivity index (χ4n) is 2.40. The molecule has 0 bridgehead atoms. The maximum absolute atomic E-state index is 11.4. The molecule has 0 spiro atoms. The minimum absolute atomic E-state index is 0. The zero-order chi connectivity index (χ0) is 17.6. The third-order valence-electron chi connectivity index (χ3n) is 3.67. The van der Waals surface area contributed by atoms with Crippen LogP contribution in [0.2, 0.25) is 0 Å². The van der Waals surface area contributed by atoms with Crippen LogP contribution in [0.5, 0.6) is 17.2 Å². The molecule has 0 aliphatic carbocycles. The third-order valence-corrected chi connectivity index (χ3v) is 4.52. The summed E-state index contributed by atoms with van der Waals surface area (Å²) >= 11 is 0. The van der Waals surface area contributed by atoms with E-state index in [-0.39, 0.29) is 62.0 Å². The first kappa shape index (κ1) is 22.6. The first-order valence-corrected chi connectivity index (χ1v) is 9.39. The summed E-state index contributed by atoms with van der Waals surface area (Å²) in [5.74, 6) is 0.486. The van der Waals surface area contributed by atoms with E-state index in [4.69, 9.17) is 4.74 Å². The summed E-state index contributed by atoms with van der Waals surface area (Å²) in [6.45, 7) is 2.13. The van der Waals surface area contributed by atoms with Crippen LogP contribution in [0.3, 0.4) is 0 Å². The van der Waals surface area contributed by atoms with E-state index in [2.05, 4.69) is 6.92 Å². The van der Waals surface area contributed by atoms with E-state index in [0.717, 1.165) is 37.7 Å². The molecule has 2 aromatic rings. The summed E-state index contributed by atoms with van der Waals surface area (Å²) in [5.41, 5.74) is 0.842. The number of unbranched alkanes of at least 4 members (excludes halogenated alkanes) is 3. The molecule has 130 valence electrons. The molecule has 25 heavy (non-hydrogen) atoms.